The number of ether oxygens (including phenoxy) is 1. The Labute approximate surface area is 181 Å². The Kier molecular flexibility index (Phi) is 5.84. The van der Waals surface area contributed by atoms with Crippen molar-refractivity contribution in [2.75, 3.05) is 4.31 Å². The van der Waals surface area contributed by atoms with E-state index in [1.807, 2.05) is 0 Å². The highest BCUT2D eigenvalue weighted by atomic mass is 32.2. The smallest absolute Gasteiger partial charge is 0.304 e. The topological polar surface area (TPSA) is 72.8 Å². The van der Waals surface area contributed by atoms with Gasteiger partial charge in [0.15, 0.2) is 4.90 Å². The van der Waals surface area contributed by atoms with Crippen molar-refractivity contribution in [1.82, 2.24) is 0 Å². The summed E-state index contributed by atoms with van der Waals surface area (Å²) in [5.74, 6) is -1.34. The first kappa shape index (κ1) is 21.1. The number of anilines is 1. The fourth-order valence-electron chi connectivity index (χ4n) is 3.75. The highest BCUT2D eigenvalue weighted by Crippen LogP contribution is 2.45. The molecule has 1 heterocycles. The minimum Gasteiger partial charge on any atom is -0.588 e. The molecule has 3 aromatic rings. The molecule has 0 radical (unpaired) electrons. The Balaban J connectivity index is 1.58. The molecule has 3 aromatic carbocycles. The zero-order valence-electron chi connectivity index (χ0n) is 16.5. The van der Waals surface area contributed by atoms with E-state index < -0.39 is 35.1 Å². The second-order valence-electron chi connectivity index (χ2n) is 7.25. The van der Waals surface area contributed by atoms with Gasteiger partial charge in [-0.2, -0.15) is 4.31 Å². The van der Waals surface area contributed by atoms with Crippen LogP contribution in [-0.2, 0) is 16.2 Å². The molecule has 1 aliphatic heterocycles. The molecule has 5 nitrogen and oxygen atoms in total. The molecular formula is C23H19F2NO4S. The van der Waals surface area contributed by atoms with E-state index >= 15 is 0 Å². The summed E-state index contributed by atoms with van der Waals surface area (Å²) >= 11 is -1.64. The molecule has 0 spiro atoms. The van der Waals surface area contributed by atoms with Crippen LogP contribution >= 0.6 is 0 Å². The molecule has 1 N–H and O–H groups in total. The number of benzene rings is 3. The number of carboxylic acids is 1. The third kappa shape index (κ3) is 4.35. The van der Waals surface area contributed by atoms with E-state index in [4.69, 9.17) is 4.74 Å². The van der Waals surface area contributed by atoms with Crippen LogP contribution in [0, 0.1) is 11.6 Å². The van der Waals surface area contributed by atoms with Crippen LogP contribution in [0.15, 0.2) is 71.6 Å². The second kappa shape index (κ2) is 8.56. The van der Waals surface area contributed by atoms with Gasteiger partial charge in [0.25, 0.3) is 0 Å². The molecule has 0 saturated carbocycles. The van der Waals surface area contributed by atoms with Gasteiger partial charge in [-0.3, -0.25) is 4.79 Å². The summed E-state index contributed by atoms with van der Waals surface area (Å²) in [6.07, 6.45) is -0.185. The van der Waals surface area contributed by atoms with E-state index in [1.54, 1.807) is 35.5 Å². The summed E-state index contributed by atoms with van der Waals surface area (Å²) in [6.45, 7) is 1.79. The first-order valence-corrected chi connectivity index (χ1v) is 10.7. The second-order valence-corrected chi connectivity index (χ2v) is 8.61. The van der Waals surface area contributed by atoms with Crippen LogP contribution < -0.4 is 9.04 Å². The lowest BCUT2D eigenvalue weighted by atomic mass is 9.93. The van der Waals surface area contributed by atoms with Crippen molar-refractivity contribution < 1.29 is 28.0 Å². The lowest BCUT2D eigenvalue weighted by Gasteiger charge is -2.27. The number of carboxylic acid groups (broad SMARTS) is 1. The summed E-state index contributed by atoms with van der Waals surface area (Å²) in [7, 11) is 0. The number of nitrogens with zero attached hydrogens (tertiary/aromatic N) is 1. The Morgan fingerprint density at radius 3 is 2.23 bits per heavy atom. The Hall–Kier alpha value is -3.10. The summed E-state index contributed by atoms with van der Waals surface area (Å²) in [4.78, 5) is 11.8. The van der Waals surface area contributed by atoms with Crippen molar-refractivity contribution in [2.45, 2.75) is 30.2 Å². The van der Waals surface area contributed by atoms with Crippen molar-refractivity contribution in [3.8, 4) is 11.5 Å². The van der Waals surface area contributed by atoms with Crippen LogP contribution in [0.2, 0.25) is 0 Å². The van der Waals surface area contributed by atoms with Crippen molar-refractivity contribution in [3.63, 3.8) is 0 Å². The Bertz CT molecular complexity index is 1090. The third-order valence-electron chi connectivity index (χ3n) is 5.23. The third-order valence-corrected chi connectivity index (χ3v) is 6.79. The number of fused-ring (bicyclic) bond motifs is 1. The average Bonchev–Trinajstić information content (AvgIpc) is 3.00. The van der Waals surface area contributed by atoms with Crippen molar-refractivity contribution in [3.05, 3.63) is 83.9 Å². The van der Waals surface area contributed by atoms with Gasteiger partial charge >= 0.3 is 5.97 Å². The van der Waals surface area contributed by atoms with Crippen LogP contribution in [0.4, 0.5) is 14.5 Å². The van der Waals surface area contributed by atoms with Gasteiger partial charge in [0.05, 0.1) is 18.2 Å². The van der Waals surface area contributed by atoms with E-state index in [0.29, 0.717) is 27.6 Å². The molecule has 31 heavy (non-hydrogen) atoms. The zero-order chi connectivity index (χ0) is 22.1. The van der Waals surface area contributed by atoms with Crippen molar-refractivity contribution in [2.24, 2.45) is 0 Å². The zero-order valence-corrected chi connectivity index (χ0v) is 17.3. The summed E-state index contributed by atoms with van der Waals surface area (Å²) < 4.78 is 47.5. The lowest BCUT2D eigenvalue weighted by Crippen LogP contribution is -2.37. The molecule has 0 amide bonds. The minimum absolute atomic E-state index is 0.185. The molecule has 0 bridgehead atoms. The first-order chi connectivity index (χ1) is 14.8. The van der Waals surface area contributed by atoms with Crippen LogP contribution in [0.3, 0.4) is 0 Å². The summed E-state index contributed by atoms with van der Waals surface area (Å²) in [6, 6.07) is 15.9. The van der Waals surface area contributed by atoms with Gasteiger partial charge < -0.3 is 14.4 Å². The van der Waals surface area contributed by atoms with Crippen molar-refractivity contribution >= 4 is 23.0 Å². The highest BCUT2D eigenvalue weighted by molar-refractivity contribution is 7.92. The molecule has 160 valence electrons. The lowest BCUT2D eigenvalue weighted by molar-refractivity contribution is -0.137. The van der Waals surface area contributed by atoms with Gasteiger partial charge in [-0.1, -0.05) is 0 Å². The molecule has 8 heteroatoms. The number of hydrogen-bond donors (Lipinski definition) is 1. The molecule has 3 atom stereocenters. The van der Waals surface area contributed by atoms with Crippen molar-refractivity contribution in [1.29, 1.82) is 0 Å². The maximum absolute atomic E-state index is 13.8. The van der Waals surface area contributed by atoms with E-state index in [1.165, 1.54) is 42.5 Å². The number of halogens is 2. The quantitative estimate of drug-likeness (QED) is 0.527. The molecule has 0 aliphatic carbocycles. The summed E-state index contributed by atoms with van der Waals surface area (Å²) in [5, 5.41) is 9.27. The molecular weight excluding hydrogens is 424 g/mol. The number of hydrogen-bond acceptors (Lipinski definition) is 4. The SMILES string of the molecule is CC1C(CC(=O)O)c2cc(F)ccc2N1[S+]([O-])c1ccc(Oc2ccc(F)cc2)cc1. The maximum atomic E-state index is 13.8. The standard InChI is InChI=1S/C23H19F2NO4S/c1-14-20(13-23(27)28)21-12-16(25)4-11-22(21)26(14)31(29)19-9-7-18(8-10-19)30-17-5-2-15(24)3-6-17/h2-12,14,20H,13H2,1H3,(H,27,28). The van der Waals surface area contributed by atoms with E-state index in [0.717, 1.165) is 0 Å². The van der Waals surface area contributed by atoms with Gasteiger partial charge in [0, 0.05) is 5.92 Å². The molecule has 0 saturated heterocycles. The van der Waals surface area contributed by atoms with Crippen LogP contribution in [-0.4, -0.2) is 21.7 Å². The van der Waals surface area contributed by atoms with Crippen LogP contribution in [0.1, 0.15) is 24.8 Å². The largest absolute Gasteiger partial charge is 0.588 e. The minimum atomic E-state index is -1.64. The number of carbonyl (C=O) groups is 1. The van der Waals surface area contributed by atoms with E-state index in [2.05, 4.69) is 0 Å². The predicted molar refractivity (Wildman–Crippen MR) is 113 cm³/mol. The van der Waals surface area contributed by atoms with Gasteiger partial charge in [0.1, 0.15) is 34.5 Å². The van der Waals surface area contributed by atoms with Gasteiger partial charge in [-0.25, -0.2) is 8.78 Å². The van der Waals surface area contributed by atoms with Gasteiger partial charge in [-0.15, -0.1) is 0 Å². The fraction of sp³-hybridized carbons (Fsp3) is 0.174. The van der Waals surface area contributed by atoms with Crippen LogP contribution in [0.5, 0.6) is 11.5 Å². The monoisotopic (exact) mass is 443 g/mol. The normalized spacial score (nSPS) is 18.5. The Morgan fingerprint density at radius 1 is 1.03 bits per heavy atom. The summed E-state index contributed by atoms with van der Waals surface area (Å²) in [5.41, 5.74) is 1.10. The van der Waals surface area contributed by atoms with E-state index in [9.17, 15) is 23.2 Å². The molecule has 3 unspecified atom stereocenters. The maximum Gasteiger partial charge on any atom is 0.304 e. The average molecular weight is 443 g/mol. The number of aliphatic carboxylic acids is 1. The highest BCUT2D eigenvalue weighted by Gasteiger charge is 2.43. The molecule has 4 rings (SSSR count). The molecule has 0 fully saturated rings. The number of rotatable bonds is 6. The molecule has 0 aromatic heterocycles. The van der Waals surface area contributed by atoms with Gasteiger partial charge in [0.2, 0.25) is 0 Å². The first-order valence-electron chi connectivity index (χ1n) is 9.59. The van der Waals surface area contributed by atoms with Gasteiger partial charge in [-0.05, 0) is 79.2 Å². The molecule has 1 aliphatic rings. The van der Waals surface area contributed by atoms with E-state index in [-0.39, 0.29) is 12.2 Å². The Morgan fingerprint density at radius 2 is 1.61 bits per heavy atom. The predicted octanol–water partition coefficient (Wildman–Crippen LogP) is 5.25. The van der Waals surface area contributed by atoms with Crippen LogP contribution in [0.25, 0.3) is 0 Å². The fourth-order valence-corrected chi connectivity index (χ4v) is 5.14.